The van der Waals surface area contributed by atoms with Crippen LogP contribution in [-0.2, 0) is 28.5 Å². The molecular weight excluding hydrogens is 596 g/mol. The fourth-order valence-electron chi connectivity index (χ4n) is 14.0. The standard InChI is InChI=1S/C38H60N2O7/c1-22-16-25(20-45-33(42)23-6-5-7-23)46-31-30(22)35(4)12-13-37-21-36(37)11-10-28(47-29-17-40(14-15-44-29)24-18-43-19-24)34(2,3)26(36)8-9-27(37)38(35,39)32(31)41/h22-32,41H,5-21,39H2,1-4H3. The SMILES string of the molecule is CC1CC(COC(=O)C2CCC2)OC2C1C1(C)CCC34CC35CCC(OC3CN(C6COC6)CCO3)C(C)(C)C5CCC4C1(N)C2O. The molecule has 0 radical (unpaired) electrons. The van der Waals surface area contributed by atoms with Gasteiger partial charge in [-0.25, -0.2) is 0 Å². The van der Waals surface area contributed by atoms with E-state index in [1.807, 2.05) is 0 Å². The Labute approximate surface area is 281 Å². The van der Waals surface area contributed by atoms with Crippen LogP contribution in [0.3, 0.4) is 0 Å². The third-order valence-electron chi connectivity index (χ3n) is 16.7. The molecule has 264 valence electrons. The number of carbonyl (C=O) groups is 1. The molecule has 0 bridgehead atoms. The van der Waals surface area contributed by atoms with Crippen molar-refractivity contribution in [3.63, 3.8) is 0 Å². The predicted octanol–water partition coefficient (Wildman–Crippen LogP) is 4.28. The summed E-state index contributed by atoms with van der Waals surface area (Å²) in [4.78, 5) is 15.0. The first-order valence-electron chi connectivity index (χ1n) is 19.3. The van der Waals surface area contributed by atoms with Crippen LogP contribution in [0.4, 0.5) is 0 Å². The smallest absolute Gasteiger partial charge is 0.309 e. The summed E-state index contributed by atoms with van der Waals surface area (Å²) in [6, 6.07) is 0.512. The van der Waals surface area contributed by atoms with Gasteiger partial charge in [-0.3, -0.25) is 9.69 Å². The Balaban J connectivity index is 0.918. The zero-order chi connectivity index (χ0) is 32.6. The van der Waals surface area contributed by atoms with Gasteiger partial charge in [-0.15, -0.1) is 0 Å². The van der Waals surface area contributed by atoms with E-state index in [0.717, 1.165) is 84.3 Å². The molecule has 9 aliphatic rings. The molecule has 3 saturated heterocycles. The van der Waals surface area contributed by atoms with Crippen LogP contribution in [0.2, 0.25) is 0 Å². The van der Waals surface area contributed by atoms with Crippen LogP contribution in [0.15, 0.2) is 0 Å². The summed E-state index contributed by atoms with van der Waals surface area (Å²) in [6.45, 7) is 14.1. The molecule has 9 nitrogen and oxygen atoms in total. The molecule has 6 aliphatic carbocycles. The zero-order valence-electron chi connectivity index (χ0n) is 29.3. The average molecular weight is 657 g/mol. The van der Waals surface area contributed by atoms with Gasteiger partial charge in [0.1, 0.15) is 6.61 Å². The molecule has 3 aliphatic heterocycles. The van der Waals surface area contributed by atoms with Gasteiger partial charge in [0.25, 0.3) is 0 Å². The van der Waals surface area contributed by atoms with Gasteiger partial charge in [-0.05, 0) is 110 Å². The van der Waals surface area contributed by atoms with Crippen LogP contribution in [0, 0.1) is 51.2 Å². The number of hydrogen-bond acceptors (Lipinski definition) is 9. The van der Waals surface area contributed by atoms with Crippen molar-refractivity contribution in [2.24, 2.45) is 57.0 Å². The third-order valence-corrected chi connectivity index (χ3v) is 16.7. The van der Waals surface area contributed by atoms with E-state index < -0.39 is 11.6 Å². The van der Waals surface area contributed by atoms with E-state index in [9.17, 15) is 9.90 Å². The van der Waals surface area contributed by atoms with Crippen molar-refractivity contribution in [3.8, 4) is 0 Å². The maximum Gasteiger partial charge on any atom is 0.309 e. The first kappa shape index (κ1) is 32.1. The van der Waals surface area contributed by atoms with Gasteiger partial charge in [0, 0.05) is 6.54 Å². The molecule has 13 unspecified atom stereocenters. The van der Waals surface area contributed by atoms with E-state index >= 15 is 0 Å². The lowest BCUT2D eigenvalue weighted by molar-refractivity contribution is -0.254. The normalized spacial score (nSPS) is 53.7. The lowest BCUT2D eigenvalue weighted by Gasteiger charge is -2.63. The van der Waals surface area contributed by atoms with E-state index in [4.69, 9.17) is 29.4 Å². The number of aliphatic hydroxyl groups is 1. The van der Waals surface area contributed by atoms with Gasteiger partial charge >= 0.3 is 5.97 Å². The third kappa shape index (κ3) is 4.29. The number of nitrogens with two attached hydrogens (primary N) is 1. The highest BCUT2D eigenvalue weighted by Gasteiger charge is 2.85. The van der Waals surface area contributed by atoms with Crippen LogP contribution in [0.1, 0.15) is 98.3 Å². The van der Waals surface area contributed by atoms with Gasteiger partial charge in [0.05, 0.1) is 68.3 Å². The Hall–Kier alpha value is -0.810. The topological polar surface area (TPSA) is 113 Å². The number of fused-ring (bicyclic) bond motifs is 4. The van der Waals surface area contributed by atoms with Crippen molar-refractivity contribution >= 4 is 5.97 Å². The predicted molar refractivity (Wildman–Crippen MR) is 174 cm³/mol. The summed E-state index contributed by atoms with van der Waals surface area (Å²) >= 11 is 0. The van der Waals surface area contributed by atoms with Crippen LogP contribution < -0.4 is 5.73 Å². The highest BCUT2D eigenvalue weighted by molar-refractivity contribution is 5.73. The molecule has 6 saturated carbocycles. The molecule has 9 fully saturated rings. The Bertz CT molecular complexity index is 1260. The van der Waals surface area contributed by atoms with E-state index in [0.29, 0.717) is 30.4 Å². The van der Waals surface area contributed by atoms with Gasteiger partial charge in [0.15, 0.2) is 6.29 Å². The minimum Gasteiger partial charge on any atom is -0.463 e. The van der Waals surface area contributed by atoms with Crippen molar-refractivity contribution < 1.29 is 33.6 Å². The van der Waals surface area contributed by atoms with E-state index in [1.54, 1.807) is 0 Å². The molecule has 47 heavy (non-hydrogen) atoms. The van der Waals surface area contributed by atoms with E-state index in [-0.39, 0.29) is 64.1 Å². The summed E-state index contributed by atoms with van der Waals surface area (Å²) in [6.07, 6.45) is 10.7. The van der Waals surface area contributed by atoms with E-state index in [2.05, 4.69) is 32.6 Å². The maximum absolute atomic E-state index is 12.5. The second-order valence-electron chi connectivity index (χ2n) is 18.7. The Morgan fingerprint density at radius 2 is 1.79 bits per heavy atom. The minimum atomic E-state index is -0.707. The number of aliphatic hydroxyl groups excluding tert-OH is 1. The second kappa shape index (κ2) is 10.8. The zero-order valence-corrected chi connectivity index (χ0v) is 29.3. The molecule has 9 heteroatoms. The summed E-state index contributed by atoms with van der Waals surface area (Å²) < 4.78 is 31.0. The van der Waals surface area contributed by atoms with Gasteiger partial charge in [-0.2, -0.15) is 0 Å². The minimum absolute atomic E-state index is 0.0461. The Morgan fingerprint density at radius 3 is 2.51 bits per heavy atom. The molecule has 0 aromatic heterocycles. The summed E-state index contributed by atoms with van der Waals surface area (Å²) in [7, 11) is 0. The fourth-order valence-corrected chi connectivity index (χ4v) is 14.0. The number of esters is 1. The first-order chi connectivity index (χ1) is 22.4. The summed E-state index contributed by atoms with van der Waals surface area (Å²) in [5.41, 5.74) is 7.46. The van der Waals surface area contributed by atoms with Crippen molar-refractivity contribution in [1.29, 1.82) is 0 Å². The number of ether oxygens (including phenoxy) is 5. The number of hydrogen-bond donors (Lipinski definition) is 2. The number of nitrogens with zero attached hydrogens (tertiary/aromatic N) is 1. The lowest BCUT2D eigenvalue weighted by Crippen LogP contribution is -2.70. The highest BCUT2D eigenvalue weighted by Crippen LogP contribution is 2.87. The second-order valence-corrected chi connectivity index (χ2v) is 18.7. The van der Waals surface area contributed by atoms with Crippen molar-refractivity contribution in [1.82, 2.24) is 4.90 Å². The summed E-state index contributed by atoms with van der Waals surface area (Å²) in [5, 5.41) is 12.4. The monoisotopic (exact) mass is 656 g/mol. The summed E-state index contributed by atoms with van der Waals surface area (Å²) in [5.74, 6) is 1.44. The average Bonchev–Trinajstić information content (AvgIpc) is 3.61. The molecule has 2 spiro atoms. The Morgan fingerprint density at radius 1 is 1.02 bits per heavy atom. The molecule has 9 rings (SSSR count). The molecule has 3 N–H and O–H groups in total. The van der Waals surface area contributed by atoms with Crippen LogP contribution in [0.5, 0.6) is 0 Å². The quantitative estimate of drug-likeness (QED) is 0.405. The molecular formula is C38H60N2O7. The van der Waals surface area contributed by atoms with Crippen LogP contribution >= 0.6 is 0 Å². The Kier molecular flexibility index (Phi) is 7.41. The molecule has 3 heterocycles. The van der Waals surface area contributed by atoms with Crippen molar-refractivity contribution in [2.45, 2.75) is 141 Å². The van der Waals surface area contributed by atoms with Crippen LogP contribution in [0.25, 0.3) is 0 Å². The molecule has 0 amide bonds. The van der Waals surface area contributed by atoms with Crippen molar-refractivity contribution in [3.05, 3.63) is 0 Å². The number of rotatable bonds is 6. The van der Waals surface area contributed by atoms with Gasteiger partial charge in [0.2, 0.25) is 0 Å². The first-order valence-corrected chi connectivity index (χ1v) is 19.3. The molecule has 0 aromatic carbocycles. The van der Waals surface area contributed by atoms with Gasteiger partial charge in [-0.1, -0.05) is 34.1 Å². The highest BCUT2D eigenvalue weighted by atomic mass is 16.7. The van der Waals surface area contributed by atoms with Crippen LogP contribution in [-0.4, -0.2) is 97.8 Å². The lowest BCUT2D eigenvalue weighted by atomic mass is 9.43. The van der Waals surface area contributed by atoms with Gasteiger partial charge < -0.3 is 34.5 Å². The number of carbonyl (C=O) groups excluding carboxylic acids is 1. The number of morpholine rings is 1. The largest absolute Gasteiger partial charge is 0.463 e. The molecule has 0 aromatic rings. The maximum atomic E-state index is 12.5. The van der Waals surface area contributed by atoms with Crippen molar-refractivity contribution in [2.75, 3.05) is 39.5 Å². The fraction of sp³-hybridized carbons (Fsp3) is 0.974. The van der Waals surface area contributed by atoms with E-state index in [1.165, 1.54) is 19.3 Å². The molecule has 13 atom stereocenters.